The van der Waals surface area contributed by atoms with Crippen molar-refractivity contribution in [1.29, 1.82) is 0 Å². The number of piperidine rings is 1. The number of rotatable bonds is 5. The molecule has 0 unspecified atom stereocenters. The second-order valence-corrected chi connectivity index (χ2v) is 5.81. The molecule has 0 amide bonds. The van der Waals surface area contributed by atoms with Crippen molar-refractivity contribution in [3.63, 3.8) is 0 Å². The molecule has 4 nitrogen and oxygen atoms in total. The van der Waals surface area contributed by atoms with E-state index in [4.69, 9.17) is 4.74 Å². The van der Waals surface area contributed by atoms with E-state index in [0.717, 1.165) is 37.7 Å². The Labute approximate surface area is 121 Å². The Hall–Kier alpha value is -1.13. The quantitative estimate of drug-likeness (QED) is 0.892. The first kappa shape index (κ1) is 13.8. The lowest BCUT2D eigenvalue weighted by Crippen LogP contribution is -2.28. The van der Waals surface area contributed by atoms with Gasteiger partial charge in [-0.1, -0.05) is 0 Å². The first-order chi connectivity index (χ1) is 9.93. The summed E-state index contributed by atoms with van der Waals surface area (Å²) in [5.41, 5.74) is 1.16. The minimum Gasteiger partial charge on any atom is -0.490 e. The number of likely N-dealkylation sites (tertiary alicyclic amines) is 1. The van der Waals surface area contributed by atoms with Crippen LogP contribution in [0.25, 0.3) is 0 Å². The third kappa shape index (κ3) is 3.49. The van der Waals surface area contributed by atoms with Crippen molar-refractivity contribution in [1.82, 2.24) is 15.2 Å². The van der Waals surface area contributed by atoms with Gasteiger partial charge in [-0.2, -0.15) is 0 Å². The topological polar surface area (TPSA) is 37.4 Å². The van der Waals surface area contributed by atoms with E-state index in [2.05, 4.69) is 21.3 Å². The molecule has 0 atom stereocenters. The van der Waals surface area contributed by atoms with Gasteiger partial charge in [-0.3, -0.25) is 9.88 Å². The predicted octanol–water partition coefficient (Wildman–Crippen LogP) is 2.02. The minimum absolute atomic E-state index is 0.555. The Kier molecular flexibility index (Phi) is 4.87. The van der Waals surface area contributed by atoms with Crippen LogP contribution in [0.4, 0.5) is 0 Å². The average Bonchev–Trinajstić information content (AvgIpc) is 3.02. The Morgan fingerprint density at radius 1 is 1.25 bits per heavy atom. The number of nitrogens with one attached hydrogen (secondary N) is 1. The molecule has 2 aliphatic rings. The number of aromatic nitrogens is 1. The van der Waals surface area contributed by atoms with E-state index in [9.17, 15) is 0 Å². The van der Waals surface area contributed by atoms with Gasteiger partial charge in [-0.05, 0) is 64.0 Å². The molecular weight excluding hydrogens is 250 g/mol. The van der Waals surface area contributed by atoms with Crippen LogP contribution in [0.15, 0.2) is 18.3 Å². The maximum Gasteiger partial charge on any atom is 0.141 e. The van der Waals surface area contributed by atoms with Gasteiger partial charge < -0.3 is 10.1 Å². The van der Waals surface area contributed by atoms with Crippen LogP contribution in [0.3, 0.4) is 0 Å². The summed E-state index contributed by atoms with van der Waals surface area (Å²) in [5, 5.41) is 3.41. The van der Waals surface area contributed by atoms with Gasteiger partial charge in [0.15, 0.2) is 0 Å². The molecule has 20 heavy (non-hydrogen) atoms. The molecule has 1 N–H and O–H groups in total. The van der Waals surface area contributed by atoms with Crippen molar-refractivity contribution in [2.24, 2.45) is 0 Å². The zero-order valence-corrected chi connectivity index (χ0v) is 12.2. The summed E-state index contributed by atoms with van der Waals surface area (Å²) in [7, 11) is 0. The highest BCUT2D eigenvalue weighted by atomic mass is 16.5. The second-order valence-electron chi connectivity index (χ2n) is 5.81. The SMILES string of the molecule is c1cnc(C2CCNCC2)c(OCCN2CCCC2)c1. The van der Waals surface area contributed by atoms with Crippen molar-refractivity contribution < 1.29 is 4.74 Å². The van der Waals surface area contributed by atoms with E-state index in [1.54, 1.807) is 0 Å². The highest BCUT2D eigenvalue weighted by molar-refractivity contribution is 5.30. The molecular formula is C16H25N3O. The van der Waals surface area contributed by atoms with Crippen LogP contribution in [0.2, 0.25) is 0 Å². The smallest absolute Gasteiger partial charge is 0.141 e. The molecule has 2 aliphatic heterocycles. The number of hydrogen-bond acceptors (Lipinski definition) is 4. The van der Waals surface area contributed by atoms with Gasteiger partial charge in [0, 0.05) is 18.7 Å². The zero-order chi connectivity index (χ0) is 13.6. The number of pyridine rings is 1. The first-order valence-electron chi connectivity index (χ1n) is 7.94. The summed E-state index contributed by atoms with van der Waals surface area (Å²) in [4.78, 5) is 7.07. The summed E-state index contributed by atoms with van der Waals surface area (Å²) in [6.45, 7) is 6.47. The number of hydrogen-bond donors (Lipinski definition) is 1. The Bertz CT molecular complexity index is 412. The van der Waals surface area contributed by atoms with Gasteiger partial charge >= 0.3 is 0 Å². The molecule has 0 spiro atoms. The van der Waals surface area contributed by atoms with Crippen LogP contribution in [-0.4, -0.2) is 49.2 Å². The summed E-state index contributed by atoms with van der Waals surface area (Å²) >= 11 is 0. The molecule has 0 aromatic carbocycles. The van der Waals surface area contributed by atoms with E-state index >= 15 is 0 Å². The van der Waals surface area contributed by atoms with Crippen molar-refractivity contribution >= 4 is 0 Å². The molecule has 3 heterocycles. The van der Waals surface area contributed by atoms with E-state index < -0.39 is 0 Å². The van der Waals surface area contributed by atoms with Gasteiger partial charge in [-0.25, -0.2) is 0 Å². The largest absolute Gasteiger partial charge is 0.490 e. The third-order valence-electron chi connectivity index (χ3n) is 4.39. The van der Waals surface area contributed by atoms with Crippen molar-refractivity contribution in [3.8, 4) is 5.75 Å². The molecule has 0 aliphatic carbocycles. The molecule has 2 saturated heterocycles. The second kappa shape index (κ2) is 7.04. The lowest BCUT2D eigenvalue weighted by molar-refractivity contribution is 0.234. The van der Waals surface area contributed by atoms with Crippen LogP contribution in [0.5, 0.6) is 5.75 Å². The van der Waals surface area contributed by atoms with Crippen LogP contribution in [0.1, 0.15) is 37.3 Å². The highest BCUT2D eigenvalue weighted by Gasteiger charge is 2.20. The first-order valence-corrected chi connectivity index (χ1v) is 7.94. The van der Waals surface area contributed by atoms with E-state index in [0.29, 0.717) is 5.92 Å². The Morgan fingerprint density at radius 2 is 2.05 bits per heavy atom. The maximum absolute atomic E-state index is 6.03. The normalized spacial score (nSPS) is 21.2. The highest BCUT2D eigenvalue weighted by Crippen LogP contribution is 2.30. The third-order valence-corrected chi connectivity index (χ3v) is 4.39. The monoisotopic (exact) mass is 275 g/mol. The van der Waals surface area contributed by atoms with Gasteiger partial charge in [0.05, 0.1) is 5.69 Å². The molecule has 2 fully saturated rings. The van der Waals surface area contributed by atoms with Gasteiger partial charge in [0.1, 0.15) is 12.4 Å². The van der Waals surface area contributed by atoms with Crippen molar-refractivity contribution in [3.05, 3.63) is 24.0 Å². The number of nitrogens with zero attached hydrogens (tertiary/aromatic N) is 2. The van der Waals surface area contributed by atoms with Crippen molar-refractivity contribution in [2.45, 2.75) is 31.6 Å². The molecule has 4 heteroatoms. The molecule has 0 bridgehead atoms. The average molecular weight is 275 g/mol. The molecule has 0 saturated carbocycles. The van der Waals surface area contributed by atoms with E-state index in [-0.39, 0.29) is 0 Å². The Balaban J connectivity index is 1.57. The van der Waals surface area contributed by atoms with Crippen LogP contribution < -0.4 is 10.1 Å². The van der Waals surface area contributed by atoms with E-state index in [1.165, 1.54) is 38.8 Å². The van der Waals surface area contributed by atoms with Gasteiger partial charge in [0.2, 0.25) is 0 Å². The van der Waals surface area contributed by atoms with Crippen LogP contribution in [0, 0.1) is 0 Å². The molecule has 3 rings (SSSR count). The van der Waals surface area contributed by atoms with Crippen LogP contribution >= 0.6 is 0 Å². The summed E-state index contributed by atoms with van der Waals surface area (Å²) in [5.74, 6) is 1.55. The van der Waals surface area contributed by atoms with Gasteiger partial charge in [0.25, 0.3) is 0 Å². The van der Waals surface area contributed by atoms with Crippen molar-refractivity contribution in [2.75, 3.05) is 39.3 Å². The fourth-order valence-electron chi connectivity index (χ4n) is 3.22. The van der Waals surface area contributed by atoms with Gasteiger partial charge in [-0.15, -0.1) is 0 Å². The minimum atomic E-state index is 0.555. The molecule has 110 valence electrons. The molecule has 1 aromatic rings. The van der Waals surface area contributed by atoms with Crippen LogP contribution in [-0.2, 0) is 0 Å². The fraction of sp³-hybridized carbons (Fsp3) is 0.688. The zero-order valence-electron chi connectivity index (χ0n) is 12.2. The lowest BCUT2D eigenvalue weighted by atomic mass is 9.93. The number of ether oxygens (including phenoxy) is 1. The summed E-state index contributed by atoms with van der Waals surface area (Å²) in [6.07, 6.45) is 6.91. The lowest BCUT2D eigenvalue weighted by Gasteiger charge is -2.24. The Morgan fingerprint density at radius 3 is 2.85 bits per heavy atom. The molecule has 0 radical (unpaired) electrons. The molecule has 1 aromatic heterocycles. The standard InChI is InChI=1S/C16H25N3O/c1-2-11-19(10-1)12-13-20-15-4-3-7-18-16(15)14-5-8-17-9-6-14/h3-4,7,14,17H,1-2,5-6,8-13H2. The van der Waals surface area contributed by atoms with E-state index in [1.807, 2.05) is 12.3 Å². The fourth-order valence-corrected chi connectivity index (χ4v) is 3.22. The summed E-state index contributed by atoms with van der Waals surface area (Å²) in [6, 6.07) is 4.06. The maximum atomic E-state index is 6.03. The summed E-state index contributed by atoms with van der Waals surface area (Å²) < 4.78 is 6.03. The predicted molar refractivity (Wildman–Crippen MR) is 80.3 cm³/mol.